The van der Waals surface area contributed by atoms with E-state index in [9.17, 15) is 9.59 Å². The number of rotatable bonds is 4. The molecule has 1 N–H and O–H groups in total. The lowest BCUT2D eigenvalue weighted by molar-refractivity contribution is -0.148. The highest BCUT2D eigenvalue weighted by molar-refractivity contribution is 6.08. The van der Waals surface area contributed by atoms with Gasteiger partial charge in [0.05, 0.1) is 19.3 Å². The normalized spacial score (nSPS) is 14.9. The van der Waals surface area contributed by atoms with Crippen LogP contribution in [-0.2, 0) is 9.53 Å². The Kier molecular flexibility index (Phi) is 5.53. The van der Waals surface area contributed by atoms with Gasteiger partial charge in [0.25, 0.3) is 5.91 Å². The maximum absolute atomic E-state index is 13.3. The molecule has 0 fully saturated rings. The van der Waals surface area contributed by atoms with Crippen LogP contribution in [0, 0.1) is 13.8 Å². The van der Waals surface area contributed by atoms with Crippen LogP contribution in [0.15, 0.2) is 54.6 Å². The maximum atomic E-state index is 13.3. The zero-order valence-corrected chi connectivity index (χ0v) is 17.5. The number of fused-ring (bicyclic) bond motifs is 1. The Morgan fingerprint density at radius 1 is 1.06 bits per heavy atom. The summed E-state index contributed by atoms with van der Waals surface area (Å²) in [4.78, 5) is 35.6. The fraction of sp³-hybridized carbons (Fsp3) is 0.217. The SMILES string of the molecule is COC(=O)[C@@H]1CN(C(=O)c2ccc(Nc3nc(C)cc(C)n3)cc2)c2ccccc2O1. The second-order valence-electron chi connectivity index (χ2n) is 7.19. The lowest BCUT2D eigenvalue weighted by atomic mass is 10.1. The van der Waals surface area contributed by atoms with Crippen molar-refractivity contribution >= 4 is 29.2 Å². The number of esters is 1. The number of para-hydroxylation sites is 2. The summed E-state index contributed by atoms with van der Waals surface area (Å²) >= 11 is 0. The topological polar surface area (TPSA) is 93.7 Å². The molecule has 0 aliphatic carbocycles. The number of hydrogen-bond donors (Lipinski definition) is 1. The third-order valence-corrected chi connectivity index (χ3v) is 4.85. The van der Waals surface area contributed by atoms with Crippen LogP contribution in [0.25, 0.3) is 0 Å². The van der Waals surface area contributed by atoms with Crippen molar-refractivity contribution in [3.8, 4) is 5.75 Å². The molecule has 0 unspecified atom stereocenters. The fourth-order valence-corrected chi connectivity index (χ4v) is 3.44. The summed E-state index contributed by atoms with van der Waals surface area (Å²) in [5.41, 5.74) is 3.59. The van der Waals surface area contributed by atoms with Crippen LogP contribution in [0.5, 0.6) is 5.75 Å². The van der Waals surface area contributed by atoms with E-state index in [1.165, 1.54) is 12.0 Å². The summed E-state index contributed by atoms with van der Waals surface area (Å²) < 4.78 is 10.5. The van der Waals surface area contributed by atoms with Crippen molar-refractivity contribution in [2.75, 3.05) is 23.9 Å². The molecule has 1 amide bonds. The maximum Gasteiger partial charge on any atom is 0.348 e. The Labute approximate surface area is 179 Å². The molecule has 4 rings (SSSR count). The van der Waals surface area contributed by atoms with Crippen LogP contribution in [0.3, 0.4) is 0 Å². The first-order chi connectivity index (χ1) is 14.9. The van der Waals surface area contributed by atoms with Crippen LogP contribution in [0.1, 0.15) is 21.7 Å². The lowest BCUT2D eigenvalue weighted by Gasteiger charge is -2.33. The average Bonchev–Trinajstić information content (AvgIpc) is 2.77. The Balaban J connectivity index is 1.56. The van der Waals surface area contributed by atoms with Crippen molar-refractivity contribution < 1.29 is 19.1 Å². The second-order valence-corrected chi connectivity index (χ2v) is 7.19. The molecule has 2 heterocycles. The molecular weight excluding hydrogens is 396 g/mol. The summed E-state index contributed by atoms with van der Waals surface area (Å²) in [6.07, 6.45) is -0.883. The molecular formula is C23H22N4O4. The third kappa shape index (κ3) is 4.32. The Bertz CT molecular complexity index is 1110. The summed E-state index contributed by atoms with van der Waals surface area (Å²) in [7, 11) is 1.30. The van der Waals surface area contributed by atoms with E-state index < -0.39 is 12.1 Å². The number of aryl methyl sites for hydroxylation is 2. The van der Waals surface area contributed by atoms with Crippen LogP contribution in [-0.4, -0.2) is 41.6 Å². The summed E-state index contributed by atoms with van der Waals surface area (Å²) in [6, 6.07) is 16.0. The summed E-state index contributed by atoms with van der Waals surface area (Å²) in [5, 5.41) is 3.15. The van der Waals surface area contributed by atoms with Crippen LogP contribution in [0.4, 0.5) is 17.3 Å². The molecule has 0 radical (unpaired) electrons. The molecule has 31 heavy (non-hydrogen) atoms. The van der Waals surface area contributed by atoms with Crippen molar-refractivity contribution in [3.05, 3.63) is 71.5 Å². The highest BCUT2D eigenvalue weighted by Gasteiger charge is 2.34. The first kappa shape index (κ1) is 20.3. The van der Waals surface area contributed by atoms with Gasteiger partial charge in [-0.3, -0.25) is 4.79 Å². The van der Waals surface area contributed by atoms with Crippen LogP contribution in [0.2, 0.25) is 0 Å². The summed E-state index contributed by atoms with van der Waals surface area (Å²) in [6.45, 7) is 3.88. The van der Waals surface area contributed by atoms with Crippen molar-refractivity contribution in [2.45, 2.75) is 20.0 Å². The minimum atomic E-state index is -0.883. The Hall–Kier alpha value is -3.94. The van der Waals surface area contributed by atoms with E-state index in [-0.39, 0.29) is 12.5 Å². The van der Waals surface area contributed by atoms with E-state index in [1.54, 1.807) is 42.5 Å². The van der Waals surface area contributed by atoms with E-state index in [0.29, 0.717) is 22.9 Å². The number of benzene rings is 2. The largest absolute Gasteiger partial charge is 0.475 e. The highest BCUT2D eigenvalue weighted by atomic mass is 16.6. The van der Waals surface area contributed by atoms with Crippen molar-refractivity contribution in [1.29, 1.82) is 0 Å². The first-order valence-corrected chi connectivity index (χ1v) is 9.79. The Morgan fingerprint density at radius 2 is 1.74 bits per heavy atom. The van der Waals surface area contributed by atoms with Gasteiger partial charge in [-0.05, 0) is 56.3 Å². The molecule has 158 valence electrons. The van der Waals surface area contributed by atoms with Gasteiger partial charge < -0.3 is 19.7 Å². The number of nitrogens with one attached hydrogen (secondary N) is 1. The number of hydrogen-bond acceptors (Lipinski definition) is 7. The number of methoxy groups -OCH3 is 1. The zero-order valence-electron chi connectivity index (χ0n) is 17.5. The molecule has 1 aliphatic rings. The highest BCUT2D eigenvalue weighted by Crippen LogP contribution is 2.34. The molecule has 0 bridgehead atoms. The number of nitrogens with zero attached hydrogens (tertiary/aromatic N) is 3. The van der Waals surface area contributed by atoms with Gasteiger partial charge in [0, 0.05) is 22.6 Å². The predicted octanol–water partition coefficient (Wildman–Crippen LogP) is 3.42. The summed E-state index contributed by atoms with van der Waals surface area (Å²) in [5.74, 6) is 0.196. The molecule has 0 saturated heterocycles. The predicted molar refractivity (Wildman–Crippen MR) is 116 cm³/mol. The van der Waals surface area contributed by atoms with Crippen molar-refractivity contribution in [2.24, 2.45) is 0 Å². The second kappa shape index (κ2) is 8.43. The zero-order chi connectivity index (χ0) is 22.0. The first-order valence-electron chi connectivity index (χ1n) is 9.79. The molecule has 1 atom stereocenters. The van der Waals surface area contributed by atoms with Gasteiger partial charge in [-0.25, -0.2) is 14.8 Å². The molecule has 8 heteroatoms. The number of carbonyl (C=O) groups excluding carboxylic acids is 2. The molecule has 0 saturated carbocycles. The smallest absolute Gasteiger partial charge is 0.348 e. The van der Waals surface area contributed by atoms with E-state index >= 15 is 0 Å². The van der Waals surface area contributed by atoms with Gasteiger partial charge in [-0.1, -0.05) is 12.1 Å². The van der Waals surface area contributed by atoms with Gasteiger partial charge in [-0.15, -0.1) is 0 Å². The molecule has 2 aromatic carbocycles. The van der Waals surface area contributed by atoms with Crippen molar-refractivity contribution in [1.82, 2.24) is 9.97 Å². The number of aromatic nitrogens is 2. The third-order valence-electron chi connectivity index (χ3n) is 4.85. The molecule has 8 nitrogen and oxygen atoms in total. The molecule has 0 spiro atoms. The number of anilines is 3. The number of ether oxygens (including phenoxy) is 2. The van der Waals surface area contributed by atoms with Gasteiger partial charge >= 0.3 is 5.97 Å². The lowest BCUT2D eigenvalue weighted by Crippen LogP contribution is -2.47. The minimum absolute atomic E-state index is 0.0684. The standard InChI is InChI=1S/C23H22N4O4/c1-14-12-15(2)25-23(24-14)26-17-10-8-16(9-11-17)21(28)27-13-20(22(29)30-3)31-19-7-5-4-6-18(19)27/h4-12,20H,13H2,1-3H3,(H,24,25,26)/t20-/m0/s1. The fourth-order valence-electron chi connectivity index (χ4n) is 3.44. The van der Waals surface area contributed by atoms with Crippen molar-refractivity contribution in [3.63, 3.8) is 0 Å². The molecule has 3 aromatic rings. The minimum Gasteiger partial charge on any atom is -0.475 e. The van der Waals surface area contributed by atoms with E-state index in [2.05, 4.69) is 15.3 Å². The van der Waals surface area contributed by atoms with E-state index in [4.69, 9.17) is 9.47 Å². The van der Waals surface area contributed by atoms with E-state index in [1.807, 2.05) is 26.0 Å². The monoisotopic (exact) mass is 418 g/mol. The van der Waals surface area contributed by atoms with Crippen LogP contribution >= 0.6 is 0 Å². The van der Waals surface area contributed by atoms with E-state index in [0.717, 1.165) is 17.1 Å². The quantitative estimate of drug-likeness (QED) is 0.649. The Morgan fingerprint density at radius 3 is 2.42 bits per heavy atom. The molecule has 1 aliphatic heterocycles. The number of carbonyl (C=O) groups is 2. The van der Waals surface area contributed by atoms with Gasteiger partial charge in [0.1, 0.15) is 5.75 Å². The van der Waals surface area contributed by atoms with Gasteiger partial charge in [-0.2, -0.15) is 0 Å². The van der Waals surface area contributed by atoms with Gasteiger partial charge in [0.2, 0.25) is 12.1 Å². The average molecular weight is 418 g/mol. The van der Waals surface area contributed by atoms with Gasteiger partial charge in [0.15, 0.2) is 0 Å². The number of amides is 1. The molecule has 1 aromatic heterocycles. The van der Waals surface area contributed by atoms with Crippen LogP contribution < -0.4 is 15.0 Å².